The molecule has 2 unspecified atom stereocenters. The molecular formula is C9H19ClN2O3S. The van der Waals surface area contributed by atoms with Crippen LogP contribution in [0.4, 0.5) is 0 Å². The van der Waals surface area contributed by atoms with Crippen LogP contribution in [0.25, 0.3) is 0 Å². The third-order valence-corrected chi connectivity index (χ3v) is 4.16. The van der Waals surface area contributed by atoms with E-state index >= 15 is 0 Å². The van der Waals surface area contributed by atoms with E-state index in [9.17, 15) is 13.2 Å². The summed E-state index contributed by atoms with van der Waals surface area (Å²) < 4.78 is 22.5. The van der Waals surface area contributed by atoms with Crippen LogP contribution in [-0.2, 0) is 14.6 Å². The summed E-state index contributed by atoms with van der Waals surface area (Å²) in [6.07, 6.45) is 1.10. The van der Waals surface area contributed by atoms with Crippen LogP contribution in [0, 0.1) is 0 Å². The first-order valence-corrected chi connectivity index (χ1v) is 6.99. The SMILES string of the molecule is CC1CN(C(=O)C(C)S(C)(=O)=O)CCN1.Cl. The van der Waals surface area contributed by atoms with Crippen molar-refractivity contribution >= 4 is 28.2 Å². The first-order chi connectivity index (χ1) is 6.82. The highest BCUT2D eigenvalue weighted by molar-refractivity contribution is 7.92. The standard InChI is InChI=1S/C9H18N2O3S.ClH/c1-7-6-11(5-4-10-7)9(12)8(2)15(3,13)14;/h7-8,10H,4-6H2,1-3H3;1H. The molecule has 1 fully saturated rings. The number of sulfone groups is 1. The maximum Gasteiger partial charge on any atom is 0.240 e. The van der Waals surface area contributed by atoms with Gasteiger partial charge in [-0.3, -0.25) is 4.79 Å². The fraction of sp³-hybridized carbons (Fsp3) is 0.889. The molecule has 2 atom stereocenters. The Morgan fingerprint density at radius 2 is 2.06 bits per heavy atom. The lowest BCUT2D eigenvalue weighted by Crippen LogP contribution is -2.54. The minimum atomic E-state index is -3.28. The van der Waals surface area contributed by atoms with Crippen molar-refractivity contribution < 1.29 is 13.2 Å². The average molecular weight is 271 g/mol. The number of amides is 1. The van der Waals surface area contributed by atoms with Gasteiger partial charge in [-0.15, -0.1) is 12.4 Å². The molecule has 0 aliphatic carbocycles. The van der Waals surface area contributed by atoms with Crippen molar-refractivity contribution in [3.05, 3.63) is 0 Å². The molecule has 0 saturated carbocycles. The lowest BCUT2D eigenvalue weighted by molar-refractivity contribution is -0.131. The second-order valence-corrected chi connectivity index (χ2v) is 6.48. The summed E-state index contributed by atoms with van der Waals surface area (Å²) in [5.74, 6) is -0.286. The van der Waals surface area contributed by atoms with Gasteiger partial charge in [0.1, 0.15) is 5.25 Å². The first-order valence-electron chi connectivity index (χ1n) is 5.03. The molecule has 0 radical (unpaired) electrons. The number of nitrogens with one attached hydrogen (secondary N) is 1. The molecule has 1 saturated heterocycles. The van der Waals surface area contributed by atoms with E-state index in [-0.39, 0.29) is 24.4 Å². The number of halogens is 1. The Morgan fingerprint density at radius 3 is 2.50 bits per heavy atom. The van der Waals surface area contributed by atoms with Crippen LogP contribution >= 0.6 is 12.4 Å². The summed E-state index contributed by atoms with van der Waals surface area (Å²) in [4.78, 5) is 13.4. The smallest absolute Gasteiger partial charge is 0.240 e. The quantitative estimate of drug-likeness (QED) is 0.746. The van der Waals surface area contributed by atoms with E-state index in [4.69, 9.17) is 0 Å². The lowest BCUT2D eigenvalue weighted by atomic mass is 10.2. The van der Waals surface area contributed by atoms with Gasteiger partial charge < -0.3 is 10.2 Å². The molecule has 0 aromatic carbocycles. The molecule has 7 heteroatoms. The zero-order chi connectivity index (χ0) is 11.6. The normalized spacial score (nSPS) is 23.4. The summed E-state index contributed by atoms with van der Waals surface area (Å²) >= 11 is 0. The van der Waals surface area contributed by atoms with Crippen molar-refractivity contribution in [2.24, 2.45) is 0 Å². The molecule has 0 spiro atoms. The molecule has 1 rings (SSSR count). The third kappa shape index (κ3) is 3.92. The van der Waals surface area contributed by atoms with Gasteiger partial charge in [0.05, 0.1) is 0 Å². The molecule has 5 nitrogen and oxygen atoms in total. The Labute approximate surface area is 103 Å². The molecule has 0 aromatic heterocycles. The number of carbonyl (C=O) groups excluding carboxylic acids is 1. The van der Waals surface area contributed by atoms with Gasteiger partial charge in [0.2, 0.25) is 5.91 Å². The molecule has 0 aromatic rings. The summed E-state index contributed by atoms with van der Waals surface area (Å²) in [5, 5.41) is 2.27. The zero-order valence-corrected chi connectivity index (χ0v) is 11.4. The largest absolute Gasteiger partial charge is 0.339 e. The maximum absolute atomic E-state index is 11.8. The van der Waals surface area contributed by atoms with E-state index in [0.717, 1.165) is 12.8 Å². The maximum atomic E-state index is 11.8. The Hall–Kier alpha value is -0.330. The molecular weight excluding hydrogens is 252 g/mol. The molecule has 1 N–H and O–H groups in total. The van der Waals surface area contributed by atoms with Crippen molar-refractivity contribution in [2.45, 2.75) is 25.1 Å². The average Bonchev–Trinajstić information content (AvgIpc) is 2.14. The Kier molecular flexibility index (Phi) is 5.72. The lowest BCUT2D eigenvalue weighted by Gasteiger charge is -2.33. The number of hydrogen-bond acceptors (Lipinski definition) is 4. The van der Waals surface area contributed by atoms with Crippen LogP contribution in [-0.4, -0.2) is 56.4 Å². The minimum absolute atomic E-state index is 0. The van der Waals surface area contributed by atoms with Crippen molar-refractivity contribution in [1.29, 1.82) is 0 Å². The number of rotatable bonds is 2. The fourth-order valence-electron chi connectivity index (χ4n) is 1.57. The number of hydrogen-bond donors (Lipinski definition) is 1. The van der Waals surface area contributed by atoms with Gasteiger partial charge >= 0.3 is 0 Å². The van der Waals surface area contributed by atoms with E-state index < -0.39 is 15.1 Å². The van der Waals surface area contributed by atoms with Gasteiger partial charge in [-0.1, -0.05) is 0 Å². The van der Waals surface area contributed by atoms with E-state index in [0.29, 0.717) is 13.1 Å². The van der Waals surface area contributed by atoms with Crippen LogP contribution in [0.2, 0.25) is 0 Å². The van der Waals surface area contributed by atoms with Crippen LogP contribution in [0.1, 0.15) is 13.8 Å². The van der Waals surface area contributed by atoms with Crippen LogP contribution in [0.15, 0.2) is 0 Å². The second kappa shape index (κ2) is 5.84. The fourth-order valence-corrected chi connectivity index (χ4v) is 2.09. The van der Waals surface area contributed by atoms with Gasteiger partial charge in [0, 0.05) is 31.9 Å². The second-order valence-electron chi connectivity index (χ2n) is 4.11. The summed E-state index contributed by atoms with van der Waals surface area (Å²) in [7, 11) is -3.28. The van der Waals surface area contributed by atoms with Crippen molar-refractivity contribution in [3.63, 3.8) is 0 Å². The highest BCUT2D eigenvalue weighted by atomic mass is 35.5. The van der Waals surface area contributed by atoms with Crippen LogP contribution in [0.3, 0.4) is 0 Å². The molecule has 96 valence electrons. The van der Waals surface area contributed by atoms with E-state index in [2.05, 4.69) is 5.32 Å². The first kappa shape index (κ1) is 15.7. The zero-order valence-electron chi connectivity index (χ0n) is 9.76. The molecule has 0 bridgehead atoms. The summed E-state index contributed by atoms with van der Waals surface area (Å²) in [5.41, 5.74) is 0. The van der Waals surface area contributed by atoms with Crippen LogP contribution < -0.4 is 5.32 Å². The van der Waals surface area contributed by atoms with Gasteiger partial charge in [-0.2, -0.15) is 0 Å². The molecule has 1 amide bonds. The Balaban J connectivity index is 0.00000225. The highest BCUT2D eigenvalue weighted by Crippen LogP contribution is 2.07. The predicted octanol–water partition coefficient (Wildman–Crippen LogP) is -0.338. The van der Waals surface area contributed by atoms with Gasteiger partial charge in [-0.25, -0.2) is 8.42 Å². The van der Waals surface area contributed by atoms with Crippen LogP contribution in [0.5, 0.6) is 0 Å². The van der Waals surface area contributed by atoms with Crippen molar-refractivity contribution in [1.82, 2.24) is 10.2 Å². The van der Waals surface area contributed by atoms with Gasteiger partial charge in [0.25, 0.3) is 0 Å². The van der Waals surface area contributed by atoms with E-state index in [1.54, 1.807) is 4.90 Å². The highest BCUT2D eigenvalue weighted by Gasteiger charge is 2.30. The van der Waals surface area contributed by atoms with Crippen molar-refractivity contribution in [2.75, 3.05) is 25.9 Å². The Bertz CT molecular complexity index is 345. The number of carbonyl (C=O) groups is 1. The van der Waals surface area contributed by atoms with Gasteiger partial charge in [0.15, 0.2) is 9.84 Å². The number of nitrogens with zero attached hydrogens (tertiary/aromatic N) is 1. The summed E-state index contributed by atoms with van der Waals surface area (Å²) in [6.45, 7) is 5.32. The molecule has 16 heavy (non-hydrogen) atoms. The monoisotopic (exact) mass is 270 g/mol. The minimum Gasteiger partial charge on any atom is -0.339 e. The van der Waals surface area contributed by atoms with Crippen molar-refractivity contribution in [3.8, 4) is 0 Å². The summed E-state index contributed by atoms with van der Waals surface area (Å²) in [6, 6.07) is 0.231. The topological polar surface area (TPSA) is 66.5 Å². The van der Waals surface area contributed by atoms with E-state index in [1.165, 1.54) is 6.92 Å². The Morgan fingerprint density at radius 1 is 1.50 bits per heavy atom. The predicted molar refractivity (Wildman–Crippen MR) is 65.6 cm³/mol. The third-order valence-electron chi connectivity index (χ3n) is 2.67. The molecule has 1 heterocycles. The molecule has 1 aliphatic heterocycles. The van der Waals surface area contributed by atoms with E-state index in [1.807, 2.05) is 6.92 Å². The van der Waals surface area contributed by atoms with Gasteiger partial charge in [-0.05, 0) is 13.8 Å². The molecule has 1 aliphatic rings. The number of piperazine rings is 1.